The van der Waals surface area contributed by atoms with Gasteiger partial charge in [-0.25, -0.2) is 0 Å². The van der Waals surface area contributed by atoms with Crippen LogP contribution in [0.2, 0.25) is 0 Å². The molecule has 1 N–H and O–H groups in total. The van der Waals surface area contributed by atoms with E-state index in [-0.39, 0.29) is 0 Å². The second-order valence-electron chi connectivity index (χ2n) is 6.75. The van der Waals surface area contributed by atoms with Crippen molar-refractivity contribution >= 4 is 0 Å². The van der Waals surface area contributed by atoms with Crippen LogP contribution in [0.1, 0.15) is 33.6 Å². The molecule has 2 heterocycles. The maximum absolute atomic E-state index is 3.68. The first kappa shape index (κ1) is 13.3. The molecule has 100 valence electrons. The van der Waals surface area contributed by atoms with Gasteiger partial charge in [0, 0.05) is 37.8 Å². The van der Waals surface area contributed by atoms with Crippen molar-refractivity contribution < 1.29 is 0 Å². The second-order valence-corrected chi connectivity index (χ2v) is 6.75. The van der Waals surface area contributed by atoms with Crippen LogP contribution in [0.15, 0.2) is 0 Å². The third-order valence-corrected chi connectivity index (χ3v) is 4.63. The van der Waals surface area contributed by atoms with E-state index >= 15 is 0 Å². The van der Waals surface area contributed by atoms with Crippen LogP contribution in [-0.4, -0.2) is 61.2 Å². The number of likely N-dealkylation sites (N-methyl/N-ethyl adjacent to an activating group) is 1. The fourth-order valence-electron chi connectivity index (χ4n) is 3.17. The Morgan fingerprint density at radius 3 is 2.71 bits per heavy atom. The molecule has 2 saturated heterocycles. The van der Waals surface area contributed by atoms with Crippen molar-refractivity contribution in [3.05, 3.63) is 0 Å². The van der Waals surface area contributed by atoms with Crippen LogP contribution in [0.3, 0.4) is 0 Å². The molecule has 2 fully saturated rings. The van der Waals surface area contributed by atoms with Crippen molar-refractivity contribution in [2.45, 2.75) is 45.2 Å². The molecule has 0 aliphatic carbocycles. The van der Waals surface area contributed by atoms with Crippen LogP contribution in [0, 0.1) is 5.92 Å². The summed E-state index contributed by atoms with van der Waals surface area (Å²) >= 11 is 0. The normalized spacial score (nSPS) is 36.0. The van der Waals surface area contributed by atoms with Gasteiger partial charge in [-0.1, -0.05) is 6.92 Å². The zero-order valence-electron chi connectivity index (χ0n) is 12.0. The lowest BCUT2D eigenvalue weighted by atomic mass is 9.93. The summed E-state index contributed by atoms with van der Waals surface area (Å²) in [5.74, 6) is 0.904. The Hall–Kier alpha value is -0.120. The zero-order chi connectivity index (χ0) is 12.5. The molecule has 0 aromatic rings. The Morgan fingerprint density at radius 1 is 1.29 bits per heavy atom. The highest BCUT2D eigenvalue weighted by molar-refractivity contribution is 4.90. The Balaban J connectivity index is 1.83. The van der Waals surface area contributed by atoms with Crippen LogP contribution in [0.4, 0.5) is 0 Å². The topological polar surface area (TPSA) is 18.5 Å². The summed E-state index contributed by atoms with van der Waals surface area (Å²) in [6.07, 6.45) is 2.71. The molecule has 3 nitrogen and oxygen atoms in total. The predicted octanol–water partition coefficient (Wildman–Crippen LogP) is 1.40. The molecule has 2 rings (SSSR count). The number of rotatable bonds is 2. The zero-order valence-corrected chi connectivity index (χ0v) is 12.0. The maximum Gasteiger partial charge on any atom is 0.0277 e. The van der Waals surface area contributed by atoms with Gasteiger partial charge in [0.05, 0.1) is 0 Å². The third-order valence-electron chi connectivity index (χ3n) is 4.63. The summed E-state index contributed by atoms with van der Waals surface area (Å²) in [4.78, 5) is 5.14. The standard InChI is InChI=1S/C14H29N3/c1-12-5-6-15-13(9-12)10-17-8-7-16(4)14(2,3)11-17/h12-13,15H,5-11H2,1-4H3. The van der Waals surface area contributed by atoms with Crippen molar-refractivity contribution in [2.75, 3.05) is 39.8 Å². The van der Waals surface area contributed by atoms with Crippen LogP contribution in [-0.2, 0) is 0 Å². The Kier molecular flexibility index (Phi) is 4.11. The highest BCUT2D eigenvalue weighted by Crippen LogP contribution is 2.21. The molecule has 0 amide bonds. The molecule has 0 bridgehead atoms. The summed E-state index contributed by atoms with van der Waals surface area (Å²) in [6.45, 7) is 13.2. The largest absolute Gasteiger partial charge is 0.313 e. The van der Waals surface area contributed by atoms with Gasteiger partial charge in [-0.05, 0) is 46.2 Å². The fourth-order valence-corrected chi connectivity index (χ4v) is 3.17. The highest BCUT2D eigenvalue weighted by Gasteiger charge is 2.32. The fraction of sp³-hybridized carbons (Fsp3) is 1.00. The van der Waals surface area contributed by atoms with E-state index in [2.05, 4.69) is 42.9 Å². The smallest absolute Gasteiger partial charge is 0.0277 e. The summed E-state index contributed by atoms with van der Waals surface area (Å²) in [5.41, 5.74) is 0.332. The summed E-state index contributed by atoms with van der Waals surface area (Å²) in [5, 5.41) is 3.68. The first-order chi connectivity index (χ1) is 7.97. The van der Waals surface area contributed by atoms with Gasteiger partial charge in [0.25, 0.3) is 0 Å². The molecule has 0 saturated carbocycles. The van der Waals surface area contributed by atoms with Gasteiger partial charge >= 0.3 is 0 Å². The lowest BCUT2D eigenvalue weighted by molar-refractivity contribution is 0.0323. The van der Waals surface area contributed by atoms with E-state index in [1.165, 1.54) is 45.6 Å². The van der Waals surface area contributed by atoms with Crippen molar-refractivity contribution in [1.29, 1.82) is 0 Å². The van der Waals surface area contributed by atoms with Gasteiger partial charge in [-0.15, -0.1) is 0 Å². The lowest BCUT2D eigenvalue weighted by Crippen LogP contribution is -2.59. The van der Waals surface area contributed by atoms with E-state index in [0.29, 0.717) is 5.54 Å². The summed E-state index contributed by atoms with van der Waals surface area (Å²) < 4.78 is 0. The number of piperidine rings is 1. The maximum atomic E-state index is 3.68. The van der Waals surface area contributed by atoms with E-state index in [9.17, 15) is 0 Å². The van der Waals surface area contributed by atoms with Crippen molar-refractivity contribution in [3.63, 3.8) is 0 Å². The highest BCUT2D eigenvalue weighted by atomic mass is 15.3. The number of nitrogens with zero attached hydrogens (tertiary/aromatic N) is 2. The van der Waals surface area contributed by atoms with Gasteiger partial charge in [-0.3, -0.25) is 9.80 Å². The lowest BCUT2D eigenvalue weighted by Gasteiger charge is -2.46. The summed E-state index contributed by atoms with van der Waals surface area (Å²) in [6, 6.07) is 0.720. The minimum Gasteiger partial charge on any atom is -0.313 e. The average Bonchev–Trinajstić information content (AvgIpc) is 2.23. The van der Waals surface area contributed by atoms with E-state index in [0.717, 1.165) is 12.0 Å². The number of nitrogens with one attached hydrogen (secondary N) is 1. The molecular formula is C14H29N3. The van der Waals surface area contributed by atoms with Gasteiger partial charge in [0.2, 0.25) is 0 Å². The van der Waals surface area contributed by atoms with Crippen LogP contribution < -0.4 is 5.32 Å². The van der Waals surface area contributed by atoms with Gasteiger partial charge in [0.15, 0.2) is 0 Å². The van der Waals surface area contributed by atoms with E-state index in [4.69, 9.17) is 0 Å². The molecule has 2 aliphatic rings. The molecule has 0 radical (unpaired) electrons. The van der Waals surface area contributed by atoms with E-state index < -0.39 is 0 Å². The molecule has 0 aromatic carbocycles. The quantitative estimate of drug-likeness (QED) is 0.786. The van der Waals surface area contributed by atoms with Gasteiger partial charge < -0.3 is 5.32 Å². The minimum absolute atomic E-state index is 0.332. The van der Waals surface area contributed by atoms with Gasteiger partial charge in [-0.2, -0.15) is 0 Å². The van der Waals surface area contributed by atoms with Crippen molar-refractivity contribution in [1.82, 2.24) is 15.1 Å². The molecule has 2 aliphatic heterocycles. The average molecular weight is 239 g/mol. The molecule has 2 unspecified atom stereocenters. The number of hydrogen-bond donors (Lipinski definition) is 1. The van der Waals surface area contributed by atoms with Crippen LogP contribution in [0.5, 0.6) is 0 Å². The van der Waals surface area contributed by atoms with Crippen molar-refractivity contribution in [3.8, 4) is 0 Å². The molecule has 2 atom stereocenters. The first-order valence-electron chi connectivity index (χ1n) is 7.14. The Labute approximate surface area is 107 Å². The summed E-state index contributed by atoms with van der Waals surface area (Å²) in [7, 11) is 2.25. The Morgan fingerprint density at radius 2 is 2.06 bits per heavy atom. The van der Waals surface area contributed by atoms with E-state index in [1.807, 2.05) is 0 Å². The second kappa shape index (κ2) is 5.25. The molecule has 0 aromatic heterocycles. The van der Waals surface area contributed by atoms with Gasteiger partial charge in [0.1, 0.15) is 0 Å². The van der Waals surface area contributed by atoms with Crippen LogP contribution >= 0.6 is 0 Å². The predicted molar refractivity (Wildman–Crippen MR) is 73.3 cm³/mol. The number of piperazine rings is 1. The SMILES string of the molecule is CC1CCNC(CN2CCN(C)C(C)(C)C2)C1. The molecule has 3 heteroatoms. The minimum atomic E-state index is 0.332. The van der Waals surface area contributed by atoms with Crippen LogP contribution in [0.25, 0.3) is 0 Å². The third kappa shape index (κ3) is 3.43. The monoisotopic (exact) mass is 239 g/mol. The molecular weight excluding hydrogens is 210 g/mol. The van der Waals surface area contributed by atoms with Crippen molar-refractivity contribution in [2.24, 2.45) is 5.92 Å². The molecule has 17 heavy (non-hydrogen) atoms. The first-order valence-corrected chi connectivity index (χ1v) is 7.14. The number of hydrogen-bond acceptors (Lipinski definition) is 3. The van der Waals surface area contributed by atoms with E-state index in [1.54, 1.807) is 0 Å². The Bertz CT molecular complexity index is 252. The molecule has 0 spiro atoms.